The average Bonchev–Trinajstić information content (AvgIpc) is 2.51. The SMILES string of the molecule is Cn1nc2c(c1C(=O)O)CNC2=O. The fraction of sp³-hybridized carbons (Fsp3) is 0.286. The van der Waals surface area contributed by atoms with Gasteiger partial charge in [-0.2, -0.15) is 5.10 Å². The third-order valence-corrected chi connectivity index (χ3v) is 1.99. The second-order valence-corrected chi connectivity index (χ2v) is 2.79. The van der Waals surface area contributed by atoms with Crippen LogP contribution < -0.4 is 5.32 Å². The summed E-state index contributed by atoms with van der Waals surface area (Å²) in [6.07, 6.45) is 0. The van der Waals surface area contributed by atoms with Gasteiger partial charge in [-0.25, -0.2) is 4.79 Å². The molecule has 0 aliphatic carbocycles. The number of fused-ring (bicyclic) bond motifs is 1. The molecule has 1 aliphatic rings. The van der Waals surface area contributed by atoms with E-state index in [1.807, 2.05) is 0 Å². The van der Waals surface area contributed by atoms with Crippen LogP contribution in [0.15, 0.2) is 0 Å². The molecule has 0 fully saturated rings. The summed E-state index contributed by atoms with van der Waals surface area (Å²) in [6, 6.07) is 0. The number of aromatic nitrogens is 2. The van der Waals surface area contributed by atoms with E-state index in [9.17, 15) is 9.59 Å². The Morgan fingerprint density at radius 3 is 3.00 bits per heavy atom. The molecule has 68 valence electrons. The molecule has 2 heterocycles. The molecule has 1 aromatic rings. The molecule has 0 unspecified atom stereocenters. The minimum absolute atomic E-state index is 0.0772. The Balaban J connectivity index is 2.65. The number of carbonyl (C=O) groups is 2. The summed E-state index contributed by atoms with van der Waals surface area (Å²) in [5.74, 6) is -1.37. The normalized spacial score (nSPS) is 14.1. The Hall–Kier alpha value is -1.85. The van der Waals surface area contributed by atoms with Gasteiger partial charge in [-0.15, -0.1) is 0 Å². The van der Waals surface area contributed by atoms with Crippen LogP contribution >= 0.6 is 0 Å². The number of carboxylic acid groups (broad SMARTS) is 1. The van der Waals surface area contributed by atoms with Gasteiger partial charge in [-0.1, -0.05) is 0 Å². The Morgan fingerprint density at radius 1 is 1.69 bits per heavy atom. The molecule has 0 saturated heterocycles. The van der Waals surface area contributed by atoms with Crippen molar-refractivity contribution >= 4 is 11.9 Å². The summed E-state index contributed by atoms with van der Waals surface area (Å²) in [7, 11) is 1.51. The van der Waals surface area contributed by atoms with E-state index < -0.39 is 5.97 Å². The largest absolute Gasteiger partial charge is 0.477 e. The molecule has 6 nitrogen and oxygen atoms in total. The number of carbonyl (C=O) groups excluding carboxylic acids is 1. The molecule has 1 aliphatic heterocycles. The van der Waals surface area contributed by atoms with E-state index in [4.69, 9.17) is 5.11 Å². The Kier molecular flexibility index (Phi) is 1.39. The van der Waals surface area contributed by atoms with E-state index in [0.29, 0.717) is 5.56 Å². The fourth-order valence-electron chi connectivity index (χ4n) is 1.44. The van der Waals surface area contributed by atoms with Crippen LogP contribution in [0, 0.1) is 0 Å². The third kappa shape index (κ3) is 0.915. The zero-order valence-electron chi connectivity index (χ0n) is 6.87. The van der Waals surface area contributed by atoms with Crippen LogP contribution in [0.5, 0.6) is 0 Å². The number of rotatable bonds is 1. The van der Waals surface area contributed by atoms with Gasteiger partial charge in [0.05, 0.1) is 0 Å². The highest BCUT2D eigenvalue weighted by Crippen LogP contribution is 2.18. The van der Waals surface area contributed by atoms with Crippen molar-refractivity contribution < 1.29 is 14.7 Å². The van der Waals surface area contributed by atoms with Crippen LogP contribution in [0.4, 0.5) is 0 Å². The highest BCUT2D eigenvalue weighted by Gasteiger charge is 2.30. The van der Waals surface area contributed by atoms with Crippen LogP contribution in [0.25, 0.3) is 0 Å². The second-order valence-electron chi connectivity index (χ2n) is 2.79. The summed E-state index contributed by atoms with van der Waals surface area (Å²) in [4.78, 5) is 21.8. The van der Waals surface area contributed by atoms with Crippen molar-refractivity contribution in [3.05, 3.63) is 17.0 Å². The van der Waals surface area contributed by atoms with Crippen LogP contribution in [0.2, 0.25) is 0 Å². The van der Waals surface area contributed by atoms with Gasteiger partial charge >= 0.3 is 5.97 Å². The molecule has 6 heteroatoms. The lowest BCUT2D eigenvalue weighted by atomic mass is 10.2. The molecule has 0 spiro atoms. The average molecular weight is 181 g/mol. The molecule has 13 heavy (non-hydrogen) atoms. The minimum Gasteiger partial charge on any atom is -0.477 e. The fourth-order valence-corrected chi connectivity index (χ4v) is 1.44. The zero-order valence-corrected chi connectivity index (χ0v) is 6.87. The molecular weight excluding hydrogens is 174 g/mol. The van der Waals surface area contributed by atoms with Gasteiger partial charge in [-0.05, 0) is 0 Å². The van der Waals surface area contributed by atoms with E-state index in [0.717, 1.165) is 0 Å². The van der Waals surface area contributed by atoms with Crippen molar-refractivity contribution in [3.8, 4) is 0 Å². The molecule has 2 rings (SSSR count). The molecule has 2 N–H and O–H groups in total. The first-order chi connectivity index (χ1) is 6.11. The van der Waals surface area contributed by atoms with Crippen molar-refractivity contribution in [2.75, 3.05) is 0 Å². The monoisotopic (exact) mass is 181 g/mol. The minimum atomic E-state index is -1.06. The van der Waals surface area contributed by atoms with Crippen molar-refractivity contribution in [3.63, 3.8) is 0 Å². The summed E-state index contributed by atoms with van der Waals surface area (Å²) in [5, 5.41) is 15.1. The molecule has 1 amide bonds. The Labute approximate surface area is 73.2 Å². The summed E-state index contributed by atoms with van der Waals surface area (Å²) >= 11 is 0. The maximum absolute atomic E-state index is 11.1. The topological polar surface area (TPSA) is 84.2 Å². The maximum Gasteiger partial charge on any atom is 0.354 e. The van der Waals surface area contributed by atoms with Gasteiger partial charge in [0, 0.05) is 19.2 Å². The summed E-state index contributed by atoms with van der Waals surface area (Å²) < 4.78 is 1.21. The van der Waals surface area contributed by atoms with Gasteiger partial charge < -0.3 is 10.4 Å². The van der Waals surface area contributed by atoms with Crippen LogP contribution in [-0.4, -0.2) is 26.8 Å². The zero-order chi connectivity index (χ0) is 9.59. The number of carboxylic acids is 1. The van der Waals surface area contributed by atoms with Crippen LogP contribution in [-0.2, 0) is 13.6 Å². The molecule has 0 atom stereocenters. The lowest BCUT2D eigenvalue weighted by Crippen LogP contribution is -2.17. The second kappa shape index (κ2) is 2.32. The van der Waals surface area contributed by atoms with E-state index in [1.165, 1.54) is 11.7 Å². The first-order valence-electron chi connectivity index (χ1n) is 3.68. The number of hydrogen-bond acceptors (Lipinski definition) is 3. The van der Waals surface area contributed by atoms with Crippen LogP contribution in [0.3, 0.4) is 0 Å². The van der Waals surface area contributed by atoms with Crippen molar-refractivity contribution in [2.45, 2.75) is 6.54 Å². The molecule has 0 aromatic carbocycles. The number of amides is 1. The highest BCUT2D eigenvalue weighted by atomic mass is 16.4. The van der Waals surface area contributed by atoms with E-state index >= 15 is 0 Å². The standard InChI is InChI=1S/C7H7N3O3/c1-10-5(7(12)13)3-2-8-6(11)4(3)9-10/h2H2,1H3,(H,8,11)(H,12,13). The van der Waals surface area contributed by atoms with Crippen molar-refractivity contribution in [2.24, 2.45) is 7.05 Å². The quantitative estimate of drug-likeness (QED) is 0.603. The van der Waals surface area contributed by atoms with Gasteiger partial charge in [-0.3, -0.25) is 9.48 Å². The predicted molar refractivity (Wildman–Crippen MR) is 41.3 cm³/mol. The van der Waals surface area contributed by atoms with Gasteiger partial charge in [0.2, 0.25) is 0 Å². The van der Waals surface area contributed by atoms with Crippen molar-refractivity contribution in [1.29, 1.82) is 0 Å². The molecular formula is C7H7N3O3. The number of aryl methyl sites for hydroxylation is 1. The molecule has 0 radical (unpaired) electrons. The predicted octanol–water partition coefficient (Wildman–Crippen LogP) is -0.638. The van der Waals surface area contributed by atoms with Crippen molar-refractivity contribution in [1.82, 2.24) is 15.1 Å². The first-order valence-corrected chi connectivity index (χ1v) is 3.68. The van der Waals surface area contributed by atoms with E-state index in [1.54, 1.807) is 0 Å². The Bertz CT molecular complexity index is 407. The van der Waals surface area contributed by atoms with Gasteiger partial charge in [0.15, 0.2) is 11.4 Å². The van der Waals surface area contributed by atoms with E-state index in [-0.39, 0.29) is 23.8 Å². The number of nitrogens with one attached hydrogen (secondary N) is 1. The molecule has 1 aromatic heterocycles. The van der Waals surface area contributed by atoms with Gasteiger partial charge in [0.25, 0.3) is 5.91 Å². The highest BCUT2D eigenvalue weighted by molar-refractivity contribution is 6.00. The lowest BCUT2D eigenvalue weighted by molar-refractivity contribution is 0.0682. The summed E-state index contributed by atoms with van der Waals surface area (Å²) in [5.41, 5.74) is 0.772. The smallest absolute Gasteiger partial charge is 0.354 e. The first kappa shape index (κ1) is 7.78. The van der Waals surface area contributed by atoms with Gasteiger partial charge in [0.1, 0.15) is 0 Å². The third-order valence-electron chi connectivity index (χ3n) is 1.99. The molecule has 0 saturated carbocycles. The molecule has 0 bridgehead atoms. The lowest BCUT2D eigenvalue weighted by Gasteiger charge is -1.97. The van der Waals surface area contributed by atoms with Crippen LogP contribution in [0.1, 0.15) is 26.5 Å². The Morgan fingerprint density at radius 2 is 2.38 bits per heavy atom. The number of aromatic carboxylic acids is 1. The number of hydrogen-bond donors (Lipinski definition) is 2. The maximum atomic E-state index is 11.1. The summed E-state index contributed by atoms with van der Waals surface area (Å²) in [6.45, 7) is 0.254. The van der Waals surface area contributed by atoms with E-state index in [2.05, 4.69) is 10.4 Å². The number of nitrogens with zero attached hydrogens (tertiary/aromatic N) is 2.